The van der Waals surface area contributed by atoms with Crippen molar-refractivity contribution in [2.45, 2.75) is 55.7 Å². The van der Waals surface area contributed by atoms with Crippen molar-refractivity contribution < 1.29 is 52.4 Å². The molecule has 22 nitrogen and oxygen atoms in total. The zero-order chi connectivity index (χ0) is 32.2. The van der Waals surface area contributed by atoms with Crippen molar-refractivity contribution in [2.75, 3.05) is 24.0 Å². The molecular formula is C20H27ClN11O11P2+. The molecule has 3 aliphatic heterocycles. The van der Waals surface area contributed by atoms with E-state index >= 15 is 0 Å². The SMILES string of the molecule is NC1=NC(N)c2ncn([C@@H]3O[C@H](OC[P+](=O)O)[C@H](O)[C@@H]3OP(=O)(O)OC[C@H]3O[C@@H](n4cnc5c(N)nc(Cl)nc54)C[C@H]3O)c2N1. The molecule has 10 atom stereocenters. The van der Waals surface area contributed by atoms with Gasteiger partial charge >= 0.3 is 15.9 Å². The van der Waals surface area contributed by atoms with E-state index in [1.165, 1.54) is 21.8 Å². The number of aliphatic hydroxyl groups is 2. The number of halogens is 1. The van der Waals surface area contributed by atoms with Crippen LogP contribution >= 0.6 is 27.5 Å². The van der Waals surface area contributed by atoms with Crippen LogP contribution in [0.3, 0.4) is 0 Å². The van der Waals surface area contributed by atoms with Gasteiger partial charge in [0.05, 0.1) is 25.4 Å². The number of aromatic nitrogens is 6. The number of phosphoric ester groups is 1. The molecule has 2 fully saturated rings. The Morgan fingerprint density at radius 1 is 1.20 bits per heavy atom. The number of nitrogens with one attached hydrogen (secondary N) is 1. The van der Waals surface area contributed by atoms with Gasteiger partial charge < -0.3 is 51.8 Å². The van der Waals surface area contributed by atoms with Crippen LogP contribution in [0.5, 0.6) is 0 Å². The average molecular weight is 695 g/mol. The van der Waals surface area contributed by atoms with E-state index in [2.05, 4.69) is 30.2 Å². The van der Waals surface area contributed by atoms with Crippen molar-refractivity contribution in [3.63, 3.8) is 0 Å². The zero-order valence-corrected chi connectivity index (χ0v) is 25.2. The van der Waals surface area contributed by atoms with Crippen LogP contribution in [0, 0.1) is 0 Å². The summed E-state index contributed by atoms with van der Waals surface area (Å²) in [7, 11) is -7.82. The Balaban J connectivity index is 1.17. The molecule has 25 heteroatoms. The molecule has 11 N–H and O–H groups in total. The van der Waals surface area contributed by atoms with Gasteiger partial charge in [0.1, 0.15) is 47.7 Å². The minimum atomic E-state index is -5.04. The maximum atomic E-state index is 13.1. The zero-order valence-electron chi connectivity index (χ0n) is 22.7. The summed E-state index contributed by atoms with van der Waals surface area (Å²) in [5.74, 6) is 0.156. The van der Waals surface area contributed by atoms with Crippen molar-refractivity contribution >= 4 is 56.2 Å². The third kappa shape index (κ3) is 6.38. The highest BCUT2D eigenvalue weighted by atomic mass is 35.5. The Kier molecular flexibility index (Phi) is 8.78. The van der Waals surface area contributed by atoms with Gasteiger partial charge in [-0.15, -0.1) is 0 Å². The highest BCUT2D eigenvalue weighted by Gasteiger charge is 2.51. The molecule has 6 rings (SSSR count). The first-order valence-corrected chi connectivity index (χ1v) is 16.2. The molecule has 0 bridgehead atoms. The largest absolute Gasteiger partial charge is 0.534 e. The smallest absolute Gasteiger partial charge is 0.390 e. The Morgan fingerprint density at radius 2 is 1.96 bits per heavy atom. The van der Waals surface area contributed by atoms with Crippen LogP contribution in [0.25, 0.3) is 11.2 Å². The molecule has 3 aromatic rings. The first-order valence-electron chi connectivity index (χ1n) is 13.0. The molecule has 3 aromatic heterocycles. The predicted octanol–water partition coefficient (Wildman–Crippen LogP) is -1.27. The Bertz CT molecular complexity index is 1690. The van der Waals surface area contributed by atoms with E-state index in [1.807, 2.05) is 0 Å². The monoisotopic (exact) mass is 694 g/mol. The number of aliphatic hydroxyl groups excluding tert-OH is 2. The number of hydrogen-bond donors (Lipinski definition) is 8. The number of phosphoric acid groups is 1. The van der Waals surface area contributed by atoms with E-state index in [0.717, 1.165) is 0 Å². The highest BCUT2D eigenvalue weighted by molar-refractivity contribution is 7.47. The van der Waals surface area contributed by atoms with E-state index in [-0.39, 0.29) is 46.2 Å². The number of aliphatic imine (C=N–C) groups is 1. The van der Waals surface area contributed by atoms with Crippen LogP contribution < -0.4 is 22.5 Å². The number of guanidine groups is 1. The maximum Gasteiger partial charge on any atom is 0.534 e. The van der Waals surface area contributed by atoms with Crippen molar-refractivity contribution in [1.29, 1.82) is 0 Å². The molecule has 2 saturated heterocycles. The fraction of sp³-hybridized carbons (Fsp3) is 0.550. The van der Waals surface area contributed by atoms with Crippen molar-refractivity contribution in [2.24, 2.45) is 16.5 Å². The third-order valence-electron chi connectivity index (χ3n) is 7.01. The first kappa shape index (κ1) is 32.0. The van der Waals surface area contributed by atoms with Crippen LogP contribution in [-0.2, 0) is 32.4 Å². The summed E-state index contributed by atoms with van der Waals surface area (Å²) in [6, 6.07) is 0. The van der Waals surface area contributed by atoms with E-state index in [4.69, 9.17) is 57.0 Å². The topological polar surface area (TPSA) is 325 Å². The van der Waals surface area contributed by atoms with Gasteiger partial charge in [0.25, 0.3) is 6.35 Å². The molecule has 0 radical (unpaired) electrons. The summed E-state index contributed by atoms with van der Waals surface area (Å²) in [6.07, 6.45) is -8.59. The third-order valence-corrected chi connectivity index (χ3v) is 8.54. The van der Waals surface area contributed by atoms with Crippen LogP contribution in [0.4, 0.5) is 11.6 Å². The van der Waals surface area contributed by atoms with Gasteiger partial charge in [-0.3, -0.25) is 18.2 Å². The Hall–Kier alpha value is -2.95. The number of ether oxygens (including phenoxy) is 3. The molecule has 0 amide bonds. The second-order valence-corrected chi connectivity index (χ2v) is 12.7. The quantitative estimate of drug-likeness (QED) is 0.0905. The van der Waals surface area contributed by atoms with Gasteiger partial charge in [0, 0.05) is 6.42 Å². The highest BCUT2D eigenvalue weighted by Crippen LogP contribution is 2.50. The van der Waals surface area contributed by atoms with Crippen molar-refractivity contribution in [3.8, 4) is 0 Å². The van der Waals surface area contributed by atoms with Crippen LogP contribution in [0.1, 0.15) is 30.7 Å². The number of hydrogen-bond acceptors (Lipinski definition) is 18. The molecule has 0 aliphatic carbocycles. The number of nitrogens with two attached hydrogens (primary N) is 3. The summed E-state index contributed by atoms with van der Waals surface area (Å²) in [6.45, 7) is -0.626. The lowest BCUT2D eigenvalue weighted by molar-refractivity contribution is -0.166. The maximum absolute atomic E-state index is 13.1. The normalized spacial score (nSPS) is 31.4. The summed E-state index contributed by atoms with van der Waals surface area (Å²) in [5, 5.41) is 24.2. The average Bonchev–Trinajstić information content (AvgIpc) is 3.72. The fourth-order valence-corrected chi connectivity index (χ4v) is 6.40. The summed E-state index contributed by atoms with van der Waals surface area (Å²) in [4.78, 5) is 40.0. The summed E-state index contributed by atoms with van der Waals surface area (Å²) in [5.41, 5.74) is 18.3. The van der Waals surface area contributed by atoms with Crippen molar-refractivity contribution in [1.82, 2.24) is 29.1 Å². The second-order valence-electron chi connectivity index (χ2n) is 9.97. The van der Waals surface area contributed by atoms with E-state index in [1.54, 1.807) is 0 Å². The number of nitrogens with zero attached hydrogens (tertiary/aromatic N) is 7. The van der Waals surface area contributed by atoms with Gasteiger partial charge in [-0.2, -0.15) is 14.9 Å². The Labute approximate surface area is 257 Å². The molecule has 45 heavy (non-hydrogen) atoms. The summed E-state index contributed by atoms with van der Waals surface area (Å²) >= 11 is 5.92. The van der Waals surface area contributed by atoms with Crippen LogP contribution in [-0.4, -0.2) is 98.7 Å². The van der Waals surface area contributed by atoms with Gasteiger partial charge in [0.2, 0.25) is 5.28 Å². The lowest BCUT2D eigenvalue weighted by Crippen LogP contribution is -2.36. The van der Waals surface area contributed by atoms with E-state index in [9.17, 15) is 24.2 Å². The molecular weight excluding hydrogens is 668 g/mol. The predicted molar refractivity (Wildman–Crippen MR) is 150 cm³/mol. The second kappa shape index (κ2) is 12.3. The van der Waals surface area contributed by atoms with Crippen LogP contribution in [0.15, 0.2) is 17.6 Å². The number of imidazole rings is 2. The molecule has 6 heterocycles. The first-order chi connectivity index (χ1) is 21.3. The van der Waals surface area contributed by atoms with Crippen LogP contribution in [0.2, 0.25) is 5.28 Å². The number of nitrogen functional groups attached to an aromatic ring is 1. The molecule has 3 unspecified atom stereocenters. The Morgan fingerprint density at radius 3 is 2.71 bits per heavy atom. The standard InChI is InChI=1S/C20H26ClN11O11P2/c21-19-27-13(22)9-15(29-19)31(3-25-9)8-1-6(33)7(41-8)2-40-45(37,38)43-12-11(34)18(39-5-44(35)36)42-17(12)32-4-26-10-14(23)28-20(24)30-16(10)32/h3-4,6-8,11-12,14,17-18,33-34H,1-2,5,23H2,(H6-,22,24,27,28,29,30,35,36,37,38)/p+1/t6-,7-,8-,11-,12+,14?,17-,18+/m1/s1. The van der Waals surface area contributed by atoms with E-state index in [0.29, 0.717) is 0 Å². The van der Waals surface area contributed by atoms with Gasteiger partial charge in [0.15, 0.2) is 29.9 Å². The van der Waals surface area contributed by atoms with E-state index < -0.39 is 78.1 Å². The number of anilines is 2. The lowest BCUT2D eigenvalue weighted by Gasteiger charge is -2.26. The molecule has 244 valence electrons. The molecule has 3 aliphatic rings. The minimum absolute atomic E-state index is 0.0221. The number of rotatable bonds is 10. The molecule has 0 aromatic carbocycles. The molecule has 0 saturated carbocycles. The van der Waals surface area contributed by atoms with Gasteiger partial charge in [-0.25, -0.2) is 19.5 Å². The molecule has 0 spiro atoms. The lowest BCUT2D eigenvalue weighted by atomic mass is 10.2. The minimum Gasteiger partial charge on any atom is -0.390 e. The summed E-state index contributed by atoms with van der Waals surface area (Å²) < 4.78 is 54.3. The van der Waals surface area contributed by atoms with Gasteiger partial charge in [-0.1, -0.05) is 0 Å². The fourth-order valence-electron chi connectivity index (χ4n) is 5.02. The van der Waals surface area contributed by atoms with Crippen molar-refractivity contribution in [3.05, 3.63) is 23.6 Å². The van der Waals surface area contributed by atoms with Gasteiger partial charge in [-0.05, 0) is 16.2 Å². The number of fused-ring (bicyclic) bond motifs is 2.